The SMILES string of the molecule is COC(=O)Cn1c(=O)c2c(nc3n(C(C)c4ccccc4)c(C)c(C)n23)n(C)c1=O. The minimum absolute atomic E-state index is 0.0338. The van der Waals surface area contributed by atoms with Gasteiger partial charge in [0.2, 0.25) is 5.78 Å². The quantitative estimate of drug-likeness (QED) is 0.477. The van der Waals surface area contributed by atoms with Crippen LogP contribution in [0.5, 0.6) is 0 Å². The number of carbonyl (C=O) groups excluding carboxylic acids is 1. The molecule has 30 heavy (non-hydrogen) atoms. The number of carbonyl (C=O) groups is 1. The summed E-state index contributed by atoms with van der Waals surface area (Å²) < 4.78 is 10.6. The highest BCUT2D eigenvalue weighted by atomic mass is 16.5. The minimum atomic E-state index is -0.669. The summed E-state index contributed by atoms with van der Waals surface area (Å²) in [6.07, 6.45) is 0. The van der Waals surface area contributed by atoms with Gasteiger partial charge in [-0.1, -0.05) is 30.3 Å². The Morgan fingerprint density at radius 3 is 2.43 bits per heavy atom. The van der Waals surface area contributed by atoms with Crippen molar-refractivity contribution in [3.63, 3.8) is 0 Å². The smallest absolute Gasteiger partial charge is 0.333 e. The van der Waals surface area contributed by atoms with Gasteiger partial charge in [0.05, 0.1) is 13.2 Å². The van der Waals surface area contributed by atoms with Crippen LogP contribution in [0.2, 0.25) is 0 Å². The molecule has 0 bridgehead atoms. The highest BCUT2D eigenvalue weighted by Crippen LogP contribution is 2.27. The number of benzene rings is 1. The number of aryl methyl sites for hydroxylation is 2. The second-order valence-electron chi connectivity index (χ2n) is 7.36. The van der Waals surface area contributed by atoms with E-state index in [2.05, 4.69) is 21.2 Å². The predicted molar refractivity (Wildman–Crippen MR) is 112 cm³/mol. The fraction of sp³-hybridized carbons (Fsp3) is 0.333. The summed E-state index contributed by atoms with van der Waals surface area (Å²) in [6.45, 7) is 5.50. The summed E-state index contributed by atoms with van der Waals surface area (Å²) in [5.74, 6) is -0.100. The average Bonchev–Trinajstić information content (AvgIpc) is 3.25. The Hall–Kier alpha value is -3.62. The molecule has 0 fully saturated rings. The third-order valence-electron chi connectivity index (χ3n) is 5.74. The third-order valence-corrected chi connectivity index (χ3v) is 5.74. The molecule has 0 spiro atoms. The number of nitrogens with zero attached hydrogens (tertiary/aromatic N) is 5. The number of hydrogen-bond donors (Lipinski definition) is 0. The van der Waals surface area contributed by atoms with Crippen LogP contribution in [0.1, 0.15) is 29.9 Å². The monoisotopic (exact) mass is 409 g/mol. The van der Waals surface area contributed by atoms with Gasteiger partial charge < -0.3 is 9.30 Å². The van der Waals surface area contributed by atoms with Crippen LogP contribution < -0.4 is 11.2 Å². The van der Waals surface area contributed by atoms with Crippen LogP contribution in [0.4, 0.5) is 0 Å². The molecule has 0 radical (unpaired) electrons. The van der Waals surface area contributed by atoms with Crippen molar-refractivity contribution in [3.8, 4) is 0 Å². The lowest BCUT2D eigenvalue weighted by Gasteiger charge is -2.16. The molecule has 156 valence electrons. The van der Waals surface area contributed by atoms with E-state index in [1.165, 1.54) is 18.7 Å². The Morgan fingerprint density at radius 2 is 1.80 bits per heavy atom. The van der Waals surface area contributed by atoms with Crippen LogP contribution >= 0.6 is 0 Å². The van der Waals surface area contributed by atoms with E-state index in [1.807, 2.05) is 44.2 Å². The molecule has 4 rings (SSSR count). The number of imidazole rings is 2. The van der Waals surface area contributed by atoms with E-state index >= 15 is 0 Å². The molecule has 0 aliphatic rings. The van der Waals surface area contributed by atoms with Crippen molar-refractivity contribution in [1.29, 1.82) is 0 Å². The number of aromatic nitrogens is 5. The van der Waals surface area contributed by atoms with Crippen molar-refractivity contribution >= 4 is 22.9 Å². The van der Waals surface area contributed by atoms with Crippen molar-refractivity contribution in [1.82, 2.24) is 23.1 Å². The maximum absolute atomic E-state index is 13.2. The molecule has 0 aliphatic heterocycles. The molecule has 9 heteroatoms. The van der Waals surface area contributed by atoms with Gasteiger partial charge in [0.1, 0.15) is 6.54 Å². The number of rotatable bonds is 4. The van der Waals surface area contributed by atoms with Gasteiger partial charge in [-0.3, -0.25) is 18.6 Å². The Labute approximate surface area is 171 Å². The molecule has 0 amide bonds. The predicted octanol–water partition coefficient (Wildman–Crippen LogP) is 1.55. The standard InChI is InChI=1S/C21H23N5O4/c1-12-13(2)26-17-18(23(4)21(29)24(19(17)28)11-16(27)30-5)22-20(26)25(12)14(3)15-9-7-6-8-10-15/h6-10,14H,11H2,1-5H3. The van der Waals surface area contributed by atoms with Crippen LogP contribution in [0.3, 0.4) is 0 Å². The van der Waals surface area contributed by atoms with Gasteiger partial charge in [0, 0.05) is 18.4 Å². The first-order valence-corrected chi connectivity index (χ1v) is 9.59. The highest BCUT2D eigenvalue weighted by Gasteiger charge is 2.25. The number of ether oxygens (including phenoxy) is 1. The number of fused-ring (bicyclic) bond motifs is 3. The van der Waals surface area contributed by atoms with Gasteiger partial charge in [-0.2, -0.15) is 4.98 Å². The Morgan fingerprint density at radius 1 is 1.13 bits per heavy atom. The molecular weight excluding hydrogens is 386 g/mol. The first-order valence-electron chi connectivity index (χ1n) is 9.59. The molecule has 3 aromatic heterocycles. The van der Waals surface area contributed by atoms with E-state index in [-0.39, 0.29) is 17.2 Å². The van der Waals surface area contributed by atoms with E-state index in [4.69, 9.17) is 0 Å². The maximum atomic E-state index is 13.2. The number of esters is 1. The molecule has 3 heterocycles. The minimum Gasteiger partial charge on any atom is -0.468 e. The third kappa shape index (κ3) is 2.69. The Balaban J connectivity index is 2.08. The van der Waals surface area contributed by atoms with Gasteiger partial charge in [0.15, 0.2) is 11.2 Å². The summed E-state index contributed by atoms with van der Waals surface area (Å²) in [5, 5.41) is 0. The van der Waals surface area contributed by atoms with Crippen LogP contribution in [-0.4, -0.2) is 36.2 Å². The van der Waals surface area contributed by atoms with Crippen molar-refractivity contribution in [2.75, 3.05) is 7.11 Å². The van der Waals surface area contributed by atoms with Crippen molar-refractivity contribution in [2.24, 2.45) is 7.05 Å². The van der Waals surface area contributed by atoms with Gasteiger partial charge in [-0.25, -0.2) is 9.36 Å². The first kappa shape index (κ1) is 19.7. The van der Waals surface area contributed by atoms with Gasteiger partial charge in [-0.15, -0.1) is 0 Å². The molecule has 1 atom stereocenters. The van der Waals surface area contributed by atoms with Crippen molar-refractivity contribution < 1.29 is 9.53 Å². The zero-order valence-electron chi connectivity index (χ0n) is 17.5. The van der Waals surface area contributed by atoms with Crippen LogP contribution in [0.25, 0.3) is 16.9 Å². The molecule has 0 aliphatic carbocycles. The number of hydrogen-bond acceptors (Lipinski definition) is 5. The maximum Gasteiger partial charge on any atom is 0.333 e. The van der Waals surface area contributed by atoms with Crippen LogP contribution in [0.15, 0.2) is 39.9 Å². The molecule has 0 N–H and O–H groups in total. The van der Waals surface area contributed by atoms with Crippen LogP contribution in [-0.2, 0) is 23.1 Å². The molecule has 1 aromatic carbocycles. The van der Waals surface area contributed by atoms with Gasteiger partial charge >= 0.3 is 11.7 Å². The van der Waals surface area contributed by atoms with E-state index in [9.17, 15) is 14.4 Å². The summed E-state index contributed by atoms with van der Waals surface area (Å²) in [4.78, 5) is 42.3. The molecule has 0 saturated heterocycles. The zero-order valence-corrected chi connectivity index (χ0v) is 17.5. The fourth-order valence-electron chi connectivity index (χ4n) is 3.95. The van der Waals surface area contributed by atoms with Gasteiger partial charge in [0.25, 0.3) is 5.56 Å². The largest absolute Gasteiger partial charge is 0.468 e. The highest BCUT2D eigenvalue weighted by molar-refractivity contribution is 5.77. The molecule has 4 aromatic rings. The van der Waals surface area contributed by atoms with Gasteiger partial charge in [-0.05, 0) is 26.3 Å². The summed E-state index contributed by atoms with van der Waals surface area (Å²) in [5.41, 5.74) is 2.25. The van der Waals surface area contributed by atoms with Crippen molar-refractivity contribution in [3.05, 3.63) is 68.1 Å². The summed E-state index contributed by atoms with van der Waals surface area (Å²) in [6, 6.07) is 9.96. The fourth-order valence-corrected chi connectivity index (χ4v) is 3.95. The topological polar surface area (TPSA) is 92.5 Å². The lowest BCUT2D eigenvalue weighted by Crippen LogP contribution is -2.41. The Bertz CT molecular complexity index is 1410. The first-order chi connectivity index (χ1) is 14.3. The van der Waals surface area contributed by atoms with E-state index in [0.717, 1.165) is 21.5 Å². The summed E-state index contributed by atoms with van der Waals surface area (Å²) >= 11 is 0. The second-order valence-corrected chi connectivity index (χ2v) is 7.36. The average molecular weight is 409 g/mol. The number of methoxy groups -OCH3 is 1. The molecule has 0 saturated carbocycles. The summed E-state index contributed by atoms with van der Waals surface area (Å²) in [7, 11) is 2.75. The normalized spacial score (nSPS) is 12.6. The lowest BCUT2D eigenvalue weighted by molar-refractivity contribution is -0.141. The Kier molecular flexibility index (Phi) is 4.60. The lowest BCUT2D eigenvalue weighted by atomic mass is 10.1. The van der Waals surface area contributed by atoms with Crippen molar-refractivity contribution in [2.45, 2.75) is 33.4 Å². The molecular formula is C21H23N5O4. The van der Waals surface area contributed by atoms with E-state index in [1.54, 1.807) is 4.40 Å². The second kappa shape index (κ2) is 7.01. The molecule has 9 nitrogen and oxygen atoms in total. The zero-order chi connectivity index (χ0) is 21.7. The van der Waals surface area contributed by atoms with Crippen LogP contribution in [0, 0.1) is 13.8 Å². The van der Waals surface area contributed by atoms with E-state index in [0.29, 0.717) is 5.78 Å². The molecule has 1 unspecified atom stereocenters. The van der Waals surface area contributed by atoms with E-state index < -0.39 is 23.8 Å².